The molecule has 0 heterocycles. The maximum atomic E-state index is 3.53. The first-order valence-corrected chi connectivity index (χ1v) is 8.07. The summed E-state index contributed by atoms with van der Waals surface area (Å²) in [5.41, 5.74) is 1.50. The van der Waals surface area contributed by atoms with Gasteiger partial charge in [0.15, 0.2) is 0 Å². The van der Waals surface area contributed by atoms with Crippen molar-refractivity contribution in [1.82, 2.24) is 5.32 Å². The van der Waals surface area contributed by atoms with E-state index in [4.69, 9.17) is 0 Å². The second-order valence-electron chi connectivity index (χ2n) is 5.57. The van der Waals surface area contributed by atoms with Crippen LogP contribution in [0.1, 0.15) is 64.4 Å². The van der Waals surface area contributed by atoms with Crippen LogP contribution in [0.25, 0.3) is 0 Å². The SMILES string of the molecule is CCCCC(CC)CC(CNCC)c1ccccc1. The predicted octanol–water partition coefficient (Wildman–Crippen LogP) is 4.99. The lowest BCUT2D eigenvalue weighted by Gasteiger charge is -2.23. The van der Waals surface area contributed by atoms with Crippen molar-refractivity contribution in [2.75, 3.05) is 13.1 Å². The highest BCUT2D eigenvalue weighted by Gasteiger charge is 2.16. The third-order valence-electron chi connectivity index (χ3n) is 4.07. The van der Waals surface area contributed by atoms with Crippen LogP contribution in [0.3, 0.4) is 0 Å². The number of benzene rings is 1. The summed E-state index contributed by atoms with van der Waals surface area (Å²) in [6.45, 7) is 9.00. The molecule has 0 saturated heterocycles. The summed E-state index contributed by atoms with van der Waals surface area (Å²) in [5, 5.41) is 3.53. The van der Waals surface area contributed by atoms with Crippen LogP contribution in [0.5, 0.6) is 0 Å². The molecule has 0 bridgehead atoms. The van der Waals surface area contributed by atoms with Crippen LogP contribution in [-0.4, -0.2) is 13.1 Å². The molecule has 2 unspecified atom stereocenters. The summed E-state index contributed by atoms with van der Waals surface area (Å²) in [7, 11) is 0. The monoisotopic (exact) mass is 261 g/mol. The molecule has 1 aromatic carbocycles. The molecule has 1 heteroatoms. The molecule has 108 valence electrons. The minimum atomic E-state index is 0.669. The molecule has 0 spiro atoms. The first-order valence-electron chi connectivity index (χ1n) is 8.07. The van der Waals surface area contributed by atoms with Crippen LogP contribution in [0, 0.1) is 5.92 Å². The molecule has 19 heavy (non-hydrogen) atoms. The van der Waals surface area contributed by atoms with E-state index < -0.39 is 0 Å². The normalized spacial score (nSPS) is 14.3. The molecule has 2 atom stereocenters. The number of nitrogens with one attached hydrogen (secondary N) is 1. The Morgan fingerprint density at radius 3 is 2.37 bits per heavy atom. The highest BCUT2D eigenvalue weighted by atomic mass is 14.8. The van der Waals surface area contributed by atoms with Crippen molar-refractivity contribution >= 4 is 0 Å². The average Bonchev–Trinajstić information content (AvgIpc) is 2.47. The molecule has 1 aromatic rings. The molecule has 0 aliphatic carbocycles. The Balaban J connectivity index is 2.62. The standard InChI is InChI=1S/C18H31N/c1-4-7-11-16(5-2)14-18(15-19-6-3)17-12-9-8-10-13-17/h8-10,12-13,16,18-19H,4-7,11,14-15H2,1-3H3. The summed E-state index contributed by atoms with van der Waals surface area (Å²) in [6.07, 6.45) is 6.73. The zero-order chi connectivity index (χ0) is 13.9. The van der Waals surface area contributed by atoms with Gasteiger partial charge in [-0.25, -0.2) is 0 Å². The smallest absolute Gasteiger partial charge is 0.00201 e. The lowest BCUT2D eigenvalue weighted by Crippen LogP contribution is -2.23. The molecule has 0 aliphatic rings. The molecule has 0 radical (unpaired) electrons. The highest BCUT2D eigenvalue weighted by molar-refractivity contribution is 5.20. The van der Waals surface area contributed by atoms with E-state index in [1.807, 2.05) is 0 Å². The third kappa shape index (κ3) is 6.24. The van der Waals surface area contributed by atoms with Gasteiger partial charge < -0.3 is 5.32 Å². The highest BCUT2D eigenvalue weighted by Crippen LogP contribution is 2.28. The van der Waals surface area contributed by atoms with Gasteiger partial charge in [-0.1, -0.05) is 76.8 Å². The van der Waals surface area contributed by atoms with Crippen molar-refractivity contribution in [3.63, 3.8) is 0 Å². The van der Waals surface area contributed by atoms with Gasteiger partial charge in [0.1, 0.15) is 0 Å². The number of hydrogen-bond acceptors (Lipinski definition) is 1. The lowest BCUT2D eigenvalue weighted by atomic mass is 9.85. The Labute approximate surface area is 119 Å². The molecule has 1 N–H and O–H groups in total. The van der Waals surface area contributed by atoms with Gasteiger partial charge >= 0.3 is 0 Å². The largest absolute Gasteiger partial charge is 0.316 e. The number of unbranched alkanes of at least 4 members (excludes halogenated alkanes) is 1. The quantitative estimate of drug-likeness (QED) is 0.626. The summed E-state index contributed by atoms with van der Waals surface area (Å²) in [4.78, 5) is 0. The Morgan fingerprint density at radius 2 is 1.79 bits per heavy atom. The molecule has 0 fully saturated rings. The fourth-order valence-corrected chi connectivity index (χ4v) is 2.76. The number of rotatable bonds is 10. The zero-order valence-corrected chi connectivity index (χ0v) is 13.0. The van der Waals surface area contributed by atoms with Crippen molar-refractivity contribution in [2.45, 2.75) is 58.8 Å². The predicted molar refractivity (Wildman–Crippen MR) is 85.6 cm³/mol. The van der Waals surface area contributed by atoms with Crippen LogP contribution in [-0.2, 0) is 0 Å². The van der Waals surface area contributed by atoms with Crippen LogP contribution in [0.2, 0.25) is 0 Å². The van der Waals surface area contributed by atoms with Crippen LogP contribution < -0.4 is 5.32 Å². The third-order valence-corrected chi connectivity index (χ3v) is 4.07. The Bertz CT molecular complexity index is 307. The molecule has 0 aliphatic heterocycles. The maximum absolute atomic E-state index is 3.53. The molecule has 0 aromatic heterocycles. The Hall–Kier alpha value is -0.820. The van der Waals surface area contributed by atoms with E-state index in [1.165, 1.54) is 37.7 Å². The van der Waals surface area contributed by atoms with E-state index in [1.54, 1.807) is 0 Å². The van der Waals surface area contributed by atoms with Gasteiger partial charge in [0.25, 0.3) is 0 Å². The number of likely N-dealkylation sites (N-methyl/N-ethyl adjacent to an activating group) is 1. The number of hydrogen-bond donors (Lipinski definition) is 1. The van der Waals surface area contributed by atoms with Gasteiger partial charge in [-0.3, -0.25) is 0 Å². The maximum Gasteiger partial charge on any atom is 0.00201 e. The lowest BCUT2D eigenvalue weighted by molar-refractivity contribution is 0.377. The summed E-state index contributed by atoms with van der Waals surface area (Å²) in [5.74, 6) is 1.55. The van der Waals surface area contributed by atoms with E-state index in [-0.39, 0.29) is 0 Å². The Morgan fingerprint density at radius 1 is 1.05 bits per heavy atom. The average molecular weight is 261 g/mol. The summed E-state index contributed by atoms with van der Waals surface area (Å²) >= 11 is 0. The van der Waals surface area contributed by atoms with E-state index in [2.05, 4.69) is 56.4 Å². The minimum Gasteiger partial charge on any atom is -0.316 e. The van der Waals surface area contributed by atoms with Gasteiger partial charge in [-0.05, 0) is 30.4 Å². The molecular formula is C18H31N. The van der Waals surface area contributed by atoms with Gasteiger partial charge in [0.2, 0.25) is 0 Å². The van der Waals surface area contributed by atoms with Crippen LogP contribution in [0.15, 0.2) is 30.3 Å². The van der Waals surface area contributed by atoms with Gasteiger partial charge in [-0.2, -0.15) is 0 Å². The van der Waals surface area contributed by atoms with Gasteiger partial charge in [0, 0.05) is 6.54 Å². The molecular weight excluding hydrogens is 230 g/mol. The molecule has 0 amide bonds. The van der Waals surface area contributed by atoms with Gasteiger partial charge in [0.05, 0.1) is 0 Å². The van der Waals surface area contributed by atoms with Crippen molar-refractivity contribution in [1.29, 1.82) is 0 Å². The fraction of sp³-hybridized carbons (Fsp3) is 0.667. The second kappa shape index (κ2) is 10.0. The van der Waals surface area contributed by atoms with Crippen molar-refractivity contribution in [3.8, 4) is 0 Å². The van der Waals surface area contributed by atoms with Gasteiger partial charge in [-0.15, -0.1) is 0 Å². The van der Waals surface area contributed by atoms with E-state index >= 15 is 0 Å². The van der Waals surface area contributed by atoms with Crippen molar-refractivity contribution < 1.29 is 0 Å². The summed E-state index contributed by atoms with van der Waals surface area (Å²) < 4.78 is 0. The minimum absolute atomic E-state index is 0.669. The topological polar surface area (TPSA) is 12.0 Å². The van der Waals surface area contributed by atoms with E-state index in [0.29, 0.717) is 5.92 Å². The fourth-order valence-electron chi connectivity index (χ4n) is 2.76. The second-order valence-corrected chi connectivity index (χ2v) is 5.57. The first kappa shape index (κ1) is 16.2. The van der Waals surface area contributed by atoms with Crippen LogP contribution >= 0.6 is 0 Å². The van der Waals surface area contributed by atoms with Crippen LogP contribution in [0.4, 0.5) is 0 Å². The van der Waals surface area contributed by atoms with Crippen molar-refractivity contribution in [3.05, 3.63) is 35.9 Å². The molecule has 0 saturated carbocycles. The zero-order valence-electron chi connectivity index (χ0n) is 13.0. The van der Waals surface area contributed by atoms with E-state index in [0.717, 1.165) is 19.0 Å². The van der Waals surface area contributed by atoms with E-state index in [9.17, 15) is 0 Å². The Kier molecular flexibility index (Phi) is 8.57. The van der Waals surface area contributed by atoms with Crippen molar-refractivity contribution in [2.24, 2.45) is 5.92 Å². The molecule has 1 nitrogen and oxygen atoms in total. The summed E-state index contributed by atoms with van der Waals surface area (Å²) in [6, 6.07) is 11.0. The first-order chi connectivity index (χ1) is 9.31. The molecule has 1 rings (SSSR count).